The smallest absolute Gasteiger partial charge is 0.242 e. The van der Waals surface area contributed by atoms with Gasteiger partial charge in [0.25, 0.3) is 0 Å². The van der Waals surface area contributed by atoms with Gasteiger partial charge in [0.2, 0.25) is 5.88 Å². The number of aromatic nitrogens is 4. The van der Waals surface area contributed by atoms with Crippen LogP contribution in [0.1, 0.15) is 33.0 Å². The minimum absolute atomic E-state index is 0.0166. The summed E-state index contributed by atoms with van der Waals surface area (Å²) in [6, 6.07) is 0. The van der Waals surface area contributed by atoms with Gasteiger partial charge in [0.05, 0.1) is 6.10 Å². The number of nitrogen functional groups attached to an aromatic ring is 1. The van der Waals surface area contributed by atoms with Gasteiger partial charge in [-0.1, -0.05) is 6.92 Å². The molecule has 0 bridgehead atoms. The topological polar surface area (TPSA) is 78.8 Å². The summed E-state index contributed by atoms with van der Waals surface area (Å²) in [5.41, 5.74) is 6.53. The third-order valence-electron chi connectivity index (χ3n) is 2.59. The minimum atomic E-state index is 0.0166. The number of imidazole rings is 1. The number of rotatable bonds is 5. The predicted molar refractivity (Wildman–Crippen MR) is 73.3 cm³/mol. The van der Waals surface area contributed by atoms with Crippen LogP contribution in [-0.4, -0.2) is 25.6 Å². The van der Waals surface area contributed by atoms with Crippen molar-refractivity contribution >= 4 is 5.69 Å². The van der Waals surface area contributed by atoms with Gasteiger partial charge in [0.15, 0.2) is 5.82 Å². The van der Waals surface area contributed by atoms with Crippen LogP contribution >= 0.6 is 0 Å². The van der Waals surface area contributed by atoms with Crippen molar-refractivity contribution in [3.05, 3.63) is 24.5 Å². The van der Waals surface area contributed by atoms with E-state index in [0.29, 0.717) is 17.4 Å². The first kappa shape index (κ1) is 13.3. The highest BCUT2D eigenvalue weighted by atomic mass is 16.5. The van der Waals surface area contributed by atoms with E-state index in [-0.39, 0.29) is 6.10 Å². The lowest BCUT2D eigenvalue weighted by Gasteiger charge is -2.14. The zero-order valence-electron chi connectivity index (χ0n) is 11.5. The third-order valence-corrected chi connectivity index (χ3v) is 2.59. The monoisotopic (exact) mass is 261 g/mol. The van der Waals surface area contributed by atoms with Gasteiger partial charge in [-0.15, -0.1) is 0 Å². The Balaban J connectivity index is 2.42. The van der Waals surface area contributed by atoms with Gasteiger partial charge in [-0.25, -0.2) is 9.97 Å². The Morgan fingerprint density at radius 1 is 1.32 bits per heavy atom. The van der Waals surface area contributed by atoms with Gasteiger partial charge in [-0.3, -0.25) is 4.57 Å². The molecule has 0 aromatic carbocycles. The average molecular weight is 261 g/mol. The molecule has 0 atom stereocenters. The van der Waals surface area contributed by atoms with Crippen LogP contribution in [0.4, 0.5) is 5.69 Å². The van der Waals surface area contributed by atoms with Crippen molar-refractivity contribution in [1.29, 1.82) is 0 Å². The second kappa shape index (κ2) is 5.69. The Kier molecular flexibility index (Phi) is 3.99. The predicted octanol–water partition coefficient (Wildman–Crippen LogP) is 1.98. The van der Waals surface area contributed by atoms with E-state index >= 15 is 0 Å². The summed E-state index contributed by atoms with van der Waals surface area (Å²) in [5, 5.41) is 0. The normalized spacial score (nSPS) is 10.9. The van der Waals surface area contributed by atoms with E-state index in [2.05, 4.69) is 21.9 Å². The van der Waals surface area contributed by atoms with E-state index in [1.807, 2.05) is 24.6 Å². The first-order valence-corrected chi connectivity index (χ1v) is 6.43. The number of anilines is 1. The van der Waals surface area contributed by atoms with Crippen LogP contribution in [-0.2, 0) is 6.42 Å². The molecule has 0 aliphatic heterocycles. The van der Waals surface area contributed by atoms with Crippen molar-refractivity contribution in [2.24, 2.45) is 0 Å². The largest absolute Gasteiger partial charge is 0.473 e. The van der Waals surface area contributed by atoms with Crippen molar-refractivity contribution in [1.82, 2.24) is 19.5 Å². The SMILES string of the molecule is CCCc1nccn1-c1ncnc(OC(C)C)c1N. The summed E-state index contributed by atoms with van der Waals surface area (Å²) in [6.45, 7) is 5.97. The van der Waals surface area contributed by atoms with Crippen LogP contribution in [0, 0.1) is 0 Å². The van der Waals surface area contributed by atoms with Crippen molar-refractivity contribution in [2.75, 3.05) is 5.73 Å². The molecular formula is C13H19N5O. The molecule has 19 heavy (non-hydrogen) atoms. The first-order valence-electron chi connectivity index (χ1n) is 6.43. The van der Waals surface area contributed by atoms with E-state index in [1.54, 1.807) is 6.20 Å². The van der Waals surface area contributed by atoms with Crippen LogP contribution in [0.2, 0.25) is 0 Å². The summed E-state index contributed by atoms with van der Waals surface area (Å²) >= 11 is 0. The number of nitrogens with two attached hydrogens (primary N) is 1. The average Bonchev–Trinajstić information content (AvgIpc) is 2.80. The molecule has 0 spiro atoms. The number of ether oxygens (including phenoxy) is 1. The van der Waals surface area contributed by atoms with Gasteiger partial charge in [0.1, 0.15) is 17.8 Å². The van der Waals surface area contributed by atoms with Gasteiger partial charge < -0.3 is 10.5 Å². The fourth-order valence-corrected chi connectivity index (χ4v) is 1.82. The van der Waals surface area contributed by atoms with Crippen LogP contribution in [0.25, 0.3) is 5.82 Å². The molecule has 0 unspecified atom stereocenters. The zero-order valence-corrected chi connectivity index (χ0v) is 11.5. The van der Waals surface area contributed by atoms with Gasteiger partial charge in [-0.2, -0.15) is 4.98 Å². The molecule has 0 aliphatic carbocycles. The fraction of sp³-hybridized carbons (Fsp3) is 0.462. The van der Waals surface area contributed by atoms with E-state index in [1.165, 1.54) is 6.33 Å². The van der Waals surface area contributed by atoms with E-state index in [9.17, 15) is 0 Å². The molecule has 0 saturated carbocycles. The number of nitrogens with zero attached hydrogens (tertiary/aromatic N) is 4. The summed E-state index contributed by atoms with van der Waals surface area (Å²) in [7, 11) is 0. The van der Waals surface area contributed by atoms with Crippen LogP contribution in [0.3, 0.4) is 0 Å². The first-order chi connectivity index (χ1) is 9.13. The van der Waals surface area contributed by atoms with E-state index in [0.717, 1.165) is 18.7 Å². The van der Waals surface area contributed by atoms with Crippen LogP contribution in [0.5, 0.6) is 5.88 Å². The Morgan fingerprint density at radius 2 is 2.11 bits per heavy atom. The van der Waals surface area contributed by atoms with Crippen LogP contribution < -0.4 is 10.5 Å². The molecule has 6 nitrogen and oxygen atoms in total. The number of hydrogen-bond acceptors (Lipinski definition) is 5. The lowest BCUT2D eigenvalue weighted by Crippen LogP contribution is -2.12. The summed E-state index contributed by atoms with van der Waals surface area (Å²) in [4.78, 5) is 12.6. The lowest BCUT2D eigenvalue weighted by atomic mass is 10.3. The molecule has 2 aromatic rings. The quantitative estimate of drug-likeness (QED) is 0.890. The highest BCUT2D eigenvalue weighted by molar-refractivity contribution is 5.60. The lowest BCUT2D eigenvalue weighted by molar-refractivity contribution is 0.233. The van der Waals surface area contributed by atoms with Gasteiger partial charge >= 0.3 is 0 Å². The molecule has 2 aromatic heterocycles. The second-order valence-electron chi connectivity index (χ2n) is 4.55. The maximum absolute atomic E-state index is 6.09. The Morgan fingerprint density at radius 3 is 2.79 bits per heavy atom. The molecular weight excluding hydrogens is 242 g/mol. The summed E-state index contributed by atoms with van der Waals surface area (Å²) in [6.07, 6.45) is 6.95. The third kappa shape index (κ3) is 2.83. The number of aryl methyl sites for hydroxylation is 1. The summed E-state index contributed by atoms with van der Waals surface area (Å²) < 4.78 is 7.46. The molecule has 6 heteroatoms. The van der Waals surface area contributed by atoms with E-state index < -0.39 is 0 Å². The van der Waals surface area contributed by atoms with Crippen molar-refractivity contribution in [3.63, 3.8) is 0 Å². The molecule has 0 saturated heterocycles. The van der Waals surface area contributed by atoms with Crippen LogP contribution in [0.15, 0.2) is 18.7 Å². The maximum atomic E-state index is 6.09. The molecule has 2 N–H and O–H groups in total. The van der Waals surface area contributed by atoms with Crippen molar-refractivity contribution in [2.45, 2.75) is 39.7 Å². The molecule has 0 amide bonds. The second-order valence-corrected chi connectivity index (χ2v) is 4.55. The highest BCUT2D eigenvalue weighted by Gasteiger charge is 2.14. The molecule has 102 valence electrons. The fourth-order valence-electron chi connectivity index (χ4n) is 1.82. The Bertz CT molecular complexity index is 550. The van der Waals surface area contributed by atoms with Crippen molar-refractivity contribution < 1.29 is 4.74 Å². The molecule has 0 aliphatic rings. The Hall–Kier alpha value is -2.11. The zero-order chi connectivity index (χ0) is 13.8. The Labute approximate surface area is 112 Å². The highest BCUT2D eigenvalue weighted by Crippen LogP contribution is 2.25. The standard InChI is InChI=1S/C13H19N5O/c1-4-5-10-15-6-7-18(10)12-11(14)13(17-8-16-12)19-9(2)3/h6-9H,4-5,14H2,1-3H3. The molecule has 0 fully saturated rings. The molecule has 2 heterocycles. The van der Waals surface area contributed by atoms with Gasteiger partial charge in [-0.05, 0) is 20.3 Å². The summed E-state index contributed by atoms with van der Waals surface area (Å²) in [5.74, 6) is 1.96. The van der Waals surface area contributed by atoms with Crippen molar-refractivity contribution in [3.8, 4) is 11.7 Å². The molecule has 0 radical (unpaired) electrons. The van der Waals surface area contributed by atoms with E-state index in [4.69, 9.17) is 10.5 Å². The maximum Gasteiger partial charge on any atom is 0.242 e. The molecule has 2 rings (SSSR count). The number of hydrogen-bond donors (Lipinski definition) is 1. The minimum Gasteiger partial charge on any atom is -0.473 e. The van der Waals surface area contributed by atoms with Gasteiger partial charge in [0, 0.05) is 18.8 Å².